The van der Waals surface area contributed by atoms with Crippen LogP contribution >= 0.6 is 0 Å². The molecule has 1 heterocycles. The number of fused-ring (bicyclic) bond motifs is 1. The van der Waals surface area contributed by atoms with E-state index in [4.69, 9.17) is 4.74 Å². The number of hydrogen-bond donors (Lipinski definition) is 0. The number of aromatic nitrogens is 2. The van der Waals surface area contributed by atoms with Crippen LogP contribution in [0.3, 0.4) is 0 Å². The molecule has 0 amide bonds. The van der Waals surface area contributed by atoms with Crippen LogP contribution in [-0.2, 0) is 13.5 Å². The average Bonchev–Trinajstić information content (AvgIpc) is 2.63. The molecule has 0 fully saturated rings. The van der Waals surface area contributed by atoms with Gasteiger partial charge in [-0.1, -0.05) is 13.3 Å². The van der Waals surface area contributed by atoms with E-state index in [2.05, 4.69) is 23.5 Å². The van der Waals surface area contributed by atoms with Gasteiger partial charge in [0.15, 0.2) is 0 Å². The van der Waals surface area contributed by atoms with Gasteiger partial charge < -0.3 is 9.30 Å². The topological polar surface area (TPSA) is 27.1 Å². The van der Waals surface area contributed by atoms with Crippen molar-refractivity contribution in [1.29, 1.82) is 0 Å². The van der Waals surface area contributed by atoms with Gasteiger partial charge in [0, 0.05) is 19.5 Å². The molecule has 0 unspecified atom stereocenters. The number of unbranched alkanes of at least 4 members (excludes halogenated alkanes) is 1. The Hall–Kier alpha value is -1.51. The Morgan fingerprint density at radius 3 is 2.88 bits per heavy atom. The SMILES string of the molecule is CCCCc1nc2ccc(OC)cc2n1C. The van der Waals surface area contributed by atoms with E-state index >= 15 is 0 Å². The molecular weight excluding hydrogens is 200 g/mol. The standard InChI is InChI=1S/C13H18N2O/c1-4-5-6-13-14-11-8-7-10(16-3)9-12(11)15(13)2/h7-9H,4-6H2,1-3H3. The molecule has 0 N–H and O–H groups in total. The summed E-state index contributed by atoms with van der Waals surface area (Å²) in [6.07, 6.45) is 3.44. The van der Waals surface area contributed by atoms with Crippen LogP contribution in [0.5, 0.6) is 5.75 Å². The number of nitrogens with zero attached hydrogens (tertiary/aromatic N) is 2. The number of aryl methyl sites for hydroxylation is 2. The second-order valence-electron chi connectivity index (χ2n) is 4.05. The van der Waals surface area contributed by atoms with Crippen LogP contribution in [0.4, 0.5) is 0 Å². The summed E-state index contributed by atoms with van der Waals surface area (Å²) in [6.45, 7) is 2.20. The van der Waals surface area contributed by atoms with Crippen LogP contribution in [0, 0.1) is 0 Å². The minimum Gasteiger partial charge on any atom is -0.497 e. The van der Waals surface area contributed by atoms with Crippen LogP contribution in [0.25, 0.3) is 11.0 Å². The van der Waals surface area contributed by atoms with Crippen molar-refractivity contribution in [2.45, 2.75) is 26.2 Å². The van der Waals surface area contributed by atoms with E-state index in [1.807, 2.05) is 18.2 Å². The molecule has 2 aromatic rings. The molecule has 1 aromatic carbocycles. The zero-order chi connectivity index (χ0) is 11.5. The van der Waals surface area contributed by atoms with Crippen LogP contribution in [0.2, 0.25) is 0 Å². The summed E-state index contributed by atoms with van der Waals surface area (Å²) in [7, 11) is 3.76. The minimum absolute atomic E-state index is 0.887. The van der Waals surface area contributed by atoms with Gasteiger partial charge in [-0.05, 0) is 18.6 Å². The third-order valence-electron chi connectivity index (χ3n) is 2.93. The maximum atomic E-state index is 5.23. The first kappa shape index (κ1) is 11.0. The molecule has 0 bridgehead atoms. The molecule has 0 aliphatic heterocycles. The van der Waals surface area contributed by atoms with E-state index in [1.165, 1.54) is 12.8 Å². The molecule has 86 valence electrons. The summed E-state index contributed by atoms with van der Waals surface area (Å²) in [4.78, 5) is 4.63. The van der Waals surface area contributed by atoms with Gasteiger partial charge in [-0.15, -0.1) is 0 Å². The second-order valence-corrected chi connectivity index (χ2v) is 4.05. The van der Waals surface area contributed by atoms with Gasteiger partial charge in [-0.25, -0.2) is 4.98 Å². The average molecular weight is 218 g/mol. The first-order valence-electron chi connectivity index (χ1n) is 5.75. The summed E-state index contributed by atoms with van der Waals surface area (Å²) in [5.41, 5.74) is 2.19. The lowest BCUT2D eigenvalue weighted by atomic mass is 10.2. The Bertz CT molecular complexity index is 488. The number of methoxy groups -OCH3 is 1. The number of hydrogen-bond acceptors (Lipinski definition) is 2. The third kappa shape index (κ3) is 1.90. The smallest absolute Gasteiger partial charge is 0.121 e. The highest BCUT2D eigenvalue weighted by molar-refractivity contribution is 5.77. The van der Waals surface area contributed by atoms with Gasteiger partial charge in [0.2, 0.25) is 0 Å². The molecule has 0 aliphatic carbocycles. The monoisotopic (exact) mass is 218 g/mol. The van der Waals surface area contributed by atoms with Crippen molar-refractivity contribution in [3.8, 4) is 5.75 Å². The molecule has 1 aromatic heterocycles. The van der Waals surface area contributed by atoms with E-state index in [9.17, 15) is 0 Å². The predicted molar refractivity (Wildman–Crippen MR) is 65.9 cm³/mol. The highest BCUT2D eigenvalue weighted by Gasteiger charge is 2.07. The fourth-order valence-electron chi connectivity index (χ4n) is 1.90. The van der Waals surface area contributed by atoms with Crippen LogP contribution < -0.4 is 4.74 Å². The maximum absolute atomic E-state index is 5.23. The second kappa shape index (κ2) is 4.56. The molecule has 3 nitrogen and oxygen atoms in total. The van der Waals surface area contributed by atoms with Crippen molar-refractivity contribution in [2.75, 3.05) is 7.11 Å². The lowest BCUT2D eigenvalue weighted by Crippen LogP contribution is -1.97. The summed E-state index contributed by atoms with van der Waals surface area (Å²) in [5, 5.41) is 0. The Labute approximate surface area is 96.1 Å². The molecule has 3 heteroatoms. The van der Waals surface area contributed by atoms with Gasteiger partial charge in [-0.2, -0.15) is 0 Å². The van der Waals surface area contributed by atoms with Gasteiger partial charge >= 0.3 is 0 Å². The van der Waals surface area contributed by atoms with Crippen molar-refractivity contribution in [2.24, 2.45) is 7.05 Å². The fourth-order valence-corrected chi connectivity index (χ4v) is 1.90. The molecule has 0 atom stereocenters. The number of ether oxygens (including phenoxy) is 1. The Morgan fingerprint density at radius 1 is 1.38 bits per heavy atom. The molecule has 0 aliphatic rings. The van der Waals surface area contributed by atoms with Gasteiger partial charge in [0.1, 0.15) is 11.6 Å². The molecule has 0 spiro atoms. The van der Waals surface area contributed by atoms with E-state index in [0.717, 1.165) is 29.0 Å². The quantitative estimate of drug-likeness (QED) is 0.789. The lowest BCUT2D eigenvalue weighted by molar-refractivity contribution is 0.415. The third-order valence-corrected chi connectivity index (χ3v) is 2.93. The molecule has 0 saturated heterocycles. The highest BCUT2D eigenvalue weighted by Crippen LogP contribution is 2.21. The van der Waals surface area contributed by atoms with E-state index < -0.39 is 0 Å². The molecule has 0 saturated carbocycles. The minimum atomic E-state index is 0.887. The van der Waals surface area contributed by atoms with Crippen molar-refractivity contribution in [3.05, 3.63) is 24.0 Å². The maximum Gasteiger partial charge on any atom is 0.121 e. The fraction of sp³-hybridized carbons (Fsp3) is 0.462. The summed E-state index contributed by atoms with van der Waals surface area (Å²) >= 11 is 0. The Morgan fingerprint density at radius 2 is 2.19 bits per heavy atom. The van der Waals surface area contributed by atoms with Crippen molar-refractivity contribution in [3.63, 3.8) is 0 Å². The zero-order valence-electron chi connectivity index (χ0n) is 10.2. The van der Waals surface area contributed by atoms with Crippen molar-refractivity contribution >= 4 is 11.0 Å². The van der Waals surface area contributed by atoms with Crippen LogP contribution in [0.1, 0.15) is 25.6 Å². The molecule has 16 heavy (non-hydrogen) atoms. The summed E-state index contributed by atoms with van der Waals surface area (Å²) in [6, 6.07) is 6.01. The molecule has 2 rings (SSSR count). The molecular formula is C13H18N2O. The molecule has 0 radical (unpaired) electrons. The summed E-state index contributed by atoms with van der Waals surface area (Å²) < 4.78 is 7.39. The first-order chi connectivity index (χ1) is 7.76. The Kier molecular flexibility index (Phi) is 3.13. The largest absolute Gasteiger partial charge is 0.497 e. The predicted octanol–water partition coefficient (Wildman–Crippen LogP) is 2.92. The first-order valence-corrected chi connectivity index (χ1v) is 5.75. The van der Waals surface area contributed by atoms with Crippen LogP contribution in [-0.4, -0.2) is 16.7 Å². The van der Waals surface area contributed by atoms with E-state index in [1.54, 1.807) is 7.11 Å². The summed E-state index contributed by atoms with van der Waals surface area (Å²) in [5.74, 6) is 2.04. The number of benzene rings is 1. The lowest BCUT2D eigenvalue weighted by Gasteiger charge is -2.02. The highest BCUT2D eigenvalue weighted by atomic mass is 16.5. The van der Waals surface area contributed by atoms with Crippen molar-refractivity contribution in [1.82, 2.24) is 9.55 Å². The Balaban J connectivity index is 2.42. The zero-order valence-corrected chi connectivity index (χ0v) is 10.2. The number of rotatable bonds is 4. The van der Waals surface area contributed by atoms with E-state index in [0.29, 0.717) is 0 Å². The van der Waals surface area contributed by atoms with Gasteiger partial charge in [0.25, 0.3) is 0 Å². The van der Waals surface area contributed by atoms with Crippen molar-refractivity contribution < 1.29 is 4.74 Å². The van der Waals surface area contributed by atoms with Gasteiger partial charge in [0.05, 0.1) is 18.1 Å². The van der Waals surface area contributed by atoms with E-state index in [-0.39, 0.29) is 0 Å². The van der Waals surface area contributed by atoms with Crippen LogP contribution in [0.15, 0.2) is 18.2 Å². The normalized spacial score (nSPS) is 10.9. The van der Waals surface area contributed by atoms with Gasteiger partial charge in [-0.3, -0.25) is 0 Å². The number of imidazole rings is 1.